The van der Waals surface area contributed by atoms with Crippen molar-refractivity contribution in [2.24, 2.45) is 11.8 Å². The zero-order valence-electron chi connectivity index (χ0n) is 9.05. The zero-order chi connectivity index (χ0) is 10.6. The highest BCUT2D eigenvalue weighted by Crippen LogP contribution is 2.25. The van der Waals surface area contributed by atoms with Gasteiger partial charge in [0.2, 0.25) is 5.91 Å². The Bertz CT molecular complexity index is 188. The third kappa shape index (κ3) is 3.41. The molecule has 1 atom stereocenters. The maximum Gasteiger partial charge on any atom is 0.223 e. The zero-order valence-corrected chi connectivity index (χ0v) is 11.2. The van der Waals surface area contributed by atoms with E-state index in [1.54, 1.807) is 0 Å². The van der Waals surface area contributed by atoms with Crippen molar-refractivity contribution in [2.45, 2.75) is 45.6 Å². The highest BCUT2D eigenvalue weighted by molar-refractivity contribution is 14.1. The number of nitrogens with one attached hydrogen (secondary N) is 1. The summed E-state index contributed by atoms with van der Waals surface area (Å²) in [6, 6.07) is 0.351. The molecule has 14 heavy (non-hydrogen) atoms. The molecule has 0 bridgehead atoms. The fourth-order valence-electron chi connectivity index (χ4n) is 1.87. The normalized spacial score (nSPS) is 20.0. The van der Waals surface area contributed by atoms with E-state index in [-0.39, 0.29) is 5.91 Å². The Balaban J connectivity index is 2.37. The summed E-state index contributed by atoms with van der Waals surface area (Å²) in [5, 5.41) is 3.16. The first kappa shape index (κ1) is 12.3. The standard InChI is InChI=1S/C11H20INO/c1-8(2)10(7-12)13-11(14)9-5-3-4-6-9/h8-10H,3-7H2,1-2H3,(H,13,14). The number of rotatable bonds is 4. The summed E-state index contributed by atoms with van der Waals surface area (Å²) in [5.41, 5.74) is 0. The van der Waals surface area contributed by atoms with Gasteiger partial charge in [0, 0.05) is 16.4 Å². The number of amides is 1. The number of hydrogen-bond donors (Lipinski definition) is 1. The van der Waals surface area contributed by atoms with E-state index >= 15 is 0 Å². The molecule has 1 rings (SSSR count). The van der Waals surface area contributed by atoms with E-state index in [4.69, 9.17) is 0 Å². The van der Waals surface area contributed by atoms with E-state index in [0.717, 1.165) is 17.3 Å². The monoisotopic (exact) mass is 309 g/mol. The van der Waals surface area contributed by atoms with Gasteiger partial charge in [-0.1, -0.05) is 49.3 Å². The van der Waals surface area contributed by atoms with Gasteiger partial charge < -0.3 is 5.32 Å². The van der Waals surface area contributed by atoms with E-state index in [2.05, 4.69) is 41.8 Å². The highest BCUT2D eigenvalue weighted by Gasteiger charge is 2.25. The minimum atomic E-state index is 0.290. The third-order valence-corrected chi connectivity index (χ3v) is 3.97. The van der Waals surface area contributed by atoms with E-state index in [9.17, 15) is 4.79 Å². The van der Waals surface area contributed by atoms with Crippen LogP contribution >= 0.6 is 22.6 Å². The van der Waals surface area contributed by atoms with Crippen molar-refractivity contribution >= 4 is 28.5 Å². The first-order chi connectivity index (χ1) is 6.65. The van der Waals surface area contributed by atoms with E-state index in [1.165, 1.54) is 12.8 Å². The van der Waals surface area contributed by atoms with Gasteiger partial charge in [-0.3, -0.25) is 4.79 Å². The number of hydrogen-bond acceptors (Lipinski definition) is 1. The van der Waals surface area contributed by atoms with Crippen molar-refractivity contribution < 1.29 is 4.79 Å². The Hall–Kier alpha value is 0.200. The molecule has 0 saturated heterocycles. The second-order valence-electron chi connectivity index (χ2n) is 4.49. The molecule has 0 spiro atoms. The van der Waals surface area contributed by atoms with Crippen molar-refractivity contribution in [1.82, 2.24) is 5.32 Å². The van der Waals surface area contributed by atoms with Gasteiger partial charge in [-0.15, -0.1) is 0 Å². The molecule has 0 aromatic carbocycles. The van der Waals surface area contributed by atoms with Gasteiger partial charge in [0.15, 0.2) is 0 Å². The fourth-order valence-corrected chi connectivity index (χ4v) is 3.11. The smallest absolute Gasteiger partial charge is 0.223 e. The summed E-state index contributed by atoms with van der Waals surface area (Å²) in [7, 11) is 0. The van der Waals surface area contributed by atoms with Crippen molar-refractivity contribution in [1.29, 1.82) is 0 Å². The van der Waals surface area contributed by atoms with Gasteiger partial charge in [0.25, 0.3) is 0 Å². The maximum absolute atomic E-state index is 11.8. The molecule has 1 unspecified atom stereocenters. The maximum atomic E-state index is 11.8. The largest absolute Gasteiger partial charge is 0.352 e. The molecule has 1 saturated carbocycles. The van der Waals surface area contributed by atoms with Gasteiger partial charge in [-0.25, -0.2) is 0 Å². The summed E-state index contributed by atoms with van der Waals surface area (Å²) in [6.07, 6.45) is 4.65. The second-order valence-corrected chi connectivity index (χ2v) is 5.38. The average molecular weight is 309 g/mol. The summed E-state index contributed by atoms with van der Waals surface area (Å²) in [4.78, 5) is 11.8. The van der Waals surface area contributed by atoms with Crippen molar-refractivity contribution in [3.05, 3.63) is 0 Å². The van der Waals surface area contributed by atoms with Crippen LogP contribution in [0.15, 0.2) is 0 Å². The lowest BCUT2D eigenvalue weighted by Gasteiger charge is -2.21. The molecule has 0 heterocycles. The highest BCUT2D eigenvalue weighted by atomic mass is 127. The topological polar surface area (TPSA) is 29.1 Å². The number of carbonyl (C=O) groups excluding carboxylic acids is 1. The Morgan fingerprint density at radius 2 is 2.00 bits per heavy atom. The van der Waals surface area contributed by atoms with Crippen molar-refractivity contribution in [2.75, 3.05) is 4.43 Å². The van der Waals surface area contributed by atoms with Crippen molar-refractivity contribution in [3.63, 3.8) is 0 Å². The van der Waals surface area contributed by atoms with Crippen LogP contribution in [0.5, 0.6) is 0 Å². The first-order valence-corrected chi connectivity index (χ1v) is 7.04. The van der Waals surface area contributed by atoms with Crippen LogP contribution in [-0.2, 0) is 4.79 Å². The molecule has 1 aliphatic carbocycles. The molecule has 1 aliphatic rings. The van der Waals surface area contributed by atoms with Crippen LogP contribution in [0.1, 0.15) is 39.5 Å². The quantitative estimate of drug-likeness (QED) is 0.628. The summed E-state index contributed by atoms with van der Waals surface area (Å²) in [5.74, 6) is 1.13. The minimum absolute atomic E-state index is 0.290. The van der Waals surface area contributed by atoms with Gasteiger partial charge in [0.05, 0.1) is 0 Å². The van der Waals surface area contributed by atoms with Crippen LogP contribution in [-0.4, -0.2) is 16.4 Å². The van der Waals surface area contributed by atoms with E-state index in [1.807, 2.05) is 0 Å². The van der Waals surface area contributed by atoms with Gasteiger partial charge in [-0.2, -0.15) is 0 Å². The lowest BCUT2D eigenvalue weighted by atomic mass is 10.0. The minimum Gasteiger partial charge on any atom is -0.352 e. The van der Waals surface area contributed by atoms with E-state index in [0.29, 0.717) is 17.9 Å². The molecule has 0 aromatic heterocycles. The molecule has 1 amide bonds. The molecule has 0 aromatic rings. The van der Waals surface area contributed by atoms with Gasteiger partial charge >= 0.3 is 0 Å². The molecule has 0 aliphatic heterocycles. The molecular weight excluding hydrogens is 289 g/mol. The third-order valence-electron chi connectivity index (χ3n) is 3.02. The van der Waals surface area contributed by atoms with Crippen LogP contribution in [0.25, 0.3) is 0 Å². The van der Waals surface area contributed by atoms with Crippen molar-refractivity contribution in [3.8, 4) is 0 Å². The van der Waals surface area contributed by atoms with Gasteiger partial charge in [0.1, 0.15) is 0 Å². The molecule has 2 nitrogen and oxygen atoms in total. The van der Waals surface area contributed by atoms with Gasteiger partial charge in [-0.05, 0) is 18.8 Å². The lowest BCUT2D eigenvalue weighted by Crippen LogP contribution is -2.42. The first-order valence-electron chi connectivity index (χ1n) is 5.51. The number of carbonyl (C=O) groups is 1. The number of halogens is 1. The van der Waals surface area contributed by atoms with Crippen LogP contribution in [0.4, 0.5) is 0 Å². The second kappa shape index (κ2) is 5.93. The summed E-state index contributed by atoms with van der Waals surface area (Å²) >= 11 is 2.35. The average Bonchev–Trinajstić information content (AvgIpc) is 2.65. The summed E-state index contributed by atoms with van der Waals surface area (Å²) < 4.78 is 1.01. The lowest BCUT2D eigenvalue weighted by molar-refractivity contribution is -0.125. The fraction of sp³-hybridized carbons (Fsp3) is 0.909. The molecule has 0 radical (unpaired) electrons. The van der Waals surface area contributed by atoms with Crippen LogP contribution < -0.4 is 5.32 Å². The summed E-state index contributed by atoms with van der Waals surface area (Å²) in [6.45, 7) is 4.33. The molecule has 82 valence electrons. The molecular formula is C11H20INO. The van der Waals surface area contributed by atoms with Crippen LogP contribution in [0.2, 0.25) is 0 Å². The Morgan fingerprint density at radius 1 is 1.43 bits per heavy atom. The van der Waals surface area contributed by atoms with Crippen LogP contribution in [0.3, 0.4) is 0 Å². The Labute approximate surface area is 100 Å². The molecule has 1 fully saturated rings. The van der Waals surface area contributed by atoms with Crippen LogP contribution in [0, 0.1) is 11.8 Å². The Morgan fingerprint density at radius 3 is 2.43 bits per heavy atom. The van der Waals surface area contributed by atoms with E-state index < -0.39 is 0 Å². The number of alkyl halides is 1. The predicted octanol–water partition coefficient (Wildman–Crippen LogP) is 2.75. The molecule has 1 N–H and O–H groups in total. The SMILES string of the molecule is CC(C)C(CI)NC(=O)C1CCCC1. The Kier molecular flexibility index (Phi) is 5.20. The predicted molar refractivity (Wildman–Crippen MR) is 67.6 cm³/mol. The molecule has 3 heteroatoms.